The van der Waals surface area contributed by atoms with Gasteiger partial charge in [-0.05, 0) is 86.4 Å². The molecule has 62 heavy (non-hydrogen) atoms. The van der Waals surface area contributed by atoms with E-state index in [1.165, 1.54) is 0 Å². The largest absolute Gasteiger partial charge is 0.359 e. The second-order valence-corrected chi connectivity index (χ2v) is 16.8. The molecule has 0 aliphatic carbocycles. The fourth-order valence-corrected chi connectivity index (χ4v) is 7.62. The highest BCUT2D eigenvalue weighted by Gasteiger charge is 2.31. The number of anilines is 2. The highest BCUT2D eigenvalue weighted by atomic mass is 32.2. The summed E-state index contributed by atoms with van der Waals surface area (Å²) in [6.07, 6.45) is 6.68. The van der Waals surface area contributed by atoms with Crippen molar-refractivity contribution in [2.24, 2.45) is 11.7 Å². The molecule has 0 bridgehead atoms. The van der Waals surface area contributed by atoms with Gasteiger partial charge < -0.3 is 48.3 Å². The van der Waals surface area contributed by atoms with Gasteiger partial charge in [0.05, 0.1) is 0 Å². The molecule has 2 aromatic rings. The molecule has 10 N–H and O–H groups in total. The van der Waals surface area contributed by atoms with Crippen LogP contribution < -0.4 is 48.3 Å². The molecule has 1 heterocycles. The molecule has 1 aliphatic rings. The normalized spacial score (nSPS) is 14.7. The standard InChI is InChI=1S/C44H65N9O8S/c1-29(2)39(53-37(55)19-11-5-10-18-36(54)46-3)43(60)52-34(17-13-26-47-44(45)61)41(58)49-32-22-20-30(21-23-32)28-62-27-12-6-9-16-33(40(57)48-31-14-7-4-8-15-31)51-42(59)35-24-25-38(56)50-35/h4,7-8,14-15,20-23,29,33-35,39H,5-6,9-13,16-19,24-28H2,1-3H3,(H,46,54)(H,48,57)(H,49,58)(H,50,56)(H,51,59)(H,52,60)(H,53,55)(H3,45,47,61)/t33-,34-,35?,39-/m0/s1. The molecule has 0 radical (unpaired) electrons. The SMILES string of the molecule is CNC(=O)CCCCCC(=O)N[C@H](C(=O)N[C@@H](CCCNC(N)=O)C(=O)Nc1ccc(CSCCCCC[C@H](NC(=O)C2CCC(=O)N2)C(=O)Nc2ccccc2)cc1)C(C)C. The highest BCUT2D eigenvalue weighted by Crippen LogP contribution is 2.19. The van der Waals surface area contributed by atoms with Gasteiger partial charge in [-0.15, -0.1) is 0 Å². The number of primary amides is 1. The fraction of sp³-hybridized carbons (Fsp3) is 0.545. The van der Waals surface area contributed by atoms with E-state index >= 15 is 0 Å². The number of thioether (sulfide) groups is 1. The van der Waals surface area contributed by atoms with Gasteiger partial charge in [-0.25, -0.2) is 4.79 Å². The summed E-state index contributed by atoms with van der Waals surface area (Å²) in [6, 6.07) is 12.5. The maximum absolute atomic E-state index is 13.5. The van der Waals surface area contributed by atoms with Crippen LogP contribution in [-0.2, 0) is 39.3 Å². The Kier molecular flexibility index (Phi) is 22.9. The van der Waals surface area contributed by atoms with Gasteiger partial charge in [0.2, 0.25) is 41.4 Å². The molecule has 4 atom stereocenters. The van der Waals surface area contributed by atoms with Gasteiger partial charge in [-0.2, -0.15) is 11.8 Å². The molecular weight excluding hydrogens is 815 g/mol. The lowest BCUT2D eigenvalue weighted by Crippen LogP contribution is -2.54. The maximum atomic E-state index is 13.5. The molecule has 0 saturated carbocycles. The average molecular weight is 880 g/mol. The molecule has 0 aromatic heterocycles. The molecular formula is C44H65N9O8S. The van der Waals surface area contributed by atoms with Crippen LogP contribution in [0.3, 0.4) is 0 Å². The molecule has 1 saturated heterocycles. The number of hydrogen-bond acceptors (Lipinski definition) is 9. The first-order chi connectivity index (χ1) is 29.7. The molecule has 1 aliphatic heterocycles. The van der Waals surface area contributed by atoms with Gasteiger partial charge in [0, 0.05) is 50.0 Å². The Bertz CT molecular complexity index is 1780. The Morgan fingerprint density at radius 1 is 0.726 bits per heavy atom. The van der Waals surface area contributed by atoms with Crippen LogP contribution in [0, 0.1) is 5.92 Å². The molecule has 2 aromatic carbocycles. The number of rotatable bonds is 28. The van der Waals surface area contributed by atoms with Crippen molar-refractivity contribution in [1.29, 1.82) is 0 Å². The molecule has 17 nitrogen and oxygen atoms in total. The number of carbonyl (C=O) groups is 8. The fourth-order valence-electron chi connectivity index (χ4n) is 6.64. The molecule has 1 fully saturated rings. The minimum absolute atomic E-state index is 0.0543. The third-order valence-corrected chi connectivity index (χ3v) is 11.3. The van der Waals surface area contributed by atoms with E-state index in [0.717, 1.165) is 36.3 Å². The van der Waals surface area contributed by atoms with Gasteiger partial charge in [-0.1, -0.05) is 63.4 Å². The number of para-hydroxylation sites is 1. The zero-order chi connectivity index (χ0) is 45.3. The van der Waals surface area contributed by atoms with E-state index in [-0.39, 0.29) is 61.3 Å². The van der Waals surface area contributed by atoms with E-state index in [4.69, 9.17) is 5.73 Å². The van der Waals surface area contributed by atoms with E-state index in [2.05, 4.69) is 42.5 Å². The molecule has 18 heteroatoms. The van der Waals surface area contributed by atoms with Crippen molar-refractivity contribution in [3.05, 3.63) is 60.2 Å². The summed E-state index contributed by atoms with van der Waals surface area (Å²) in [7, 11) is 1.58. The Balaban J connectivity index is 1.46. The summed E-state index contributed by atoms with van der Waals surface area (Å²) in [5.41, 5.74) is 7.42. The minimum Gasteiger partial charge on any atom is -0.359 e. The number of carbonyl (C=O) groups excluding carboxylic acids is 8. The predicted octanol–water partition coefficient (Wildman–Crippen LogP) is 3.59. The zero-order valence-electron chi connectivity index (χ0n) is 36.1. The van der Waals surface area contributed by atoms with E-state index < -0.39 is 42.0 Å². The van der Waals surface area contributed by atoms with E-state index in [0.29, 0.717) is 56.3 Å². The molecule has 340 valence electrons. The van der Waals surface area contributed by atoms with E-state index in [9.17, 15) is 38.4 Å². The molecule has 9 amide bonds. The van der Waals surface area contributed by atoms with Gasteiger partial charge >= 0.3 is 6.03 Å². The maximum Gasteiger partial charge on any atom is 0.312 e. The van der Waals surface area contributed by atoms with Gasteiger partial charge in [-0.3, -0.25) is 33.6 Å². The van der Waals surface area contributed by atoms with E-state index in [1.807, 2.05) is 30.3 Å². The first-order valence-electron chi connectivity index (χ1n) is 21.5. The van der Waals surface area contributed by atoms with Crippen LogP contribution in [0.4, 0.5) is 16.2 Å². The first kappa shape index (κ1) is 50.7. The quantitative estimate of drug-likeness (QED) is 0.0566. The van der Waals surface area contributed by atoms with Crippen molar-refractivity contribution >= 4 is 70.5 Å². The smallest absolute Gasteiger partial charge is 0.312 e. The van der Waals surface area contributed by atoms with Crippen LogP contribution >= 0.6 is 11.8 Å². The summed E-state index contributed by atoms with van der Waals surface area (Å²) >= 11 is 1.76. The van der Waals surface area contributed by atoms with Crippen LogP contribution in [0.1, 0.15) is 103 Å². The predicted molar refractivity (Wildman–Crippen MR) is 241 cm³/mol. The Labute approximate surface area is 368 Å². The van der Waals surface area contributed by atoms with Crippen LogP contribution in [-0.4, -0.2) is 90.9 Å². The Morgan fingerprint density at radius 2 is 1.34 bits per heavy atom. The second kappa shape index (κ2) is 28.0. The van der Waals surface area contributed by atoms with Gasteiger partial charge in [0.1, 0.15) is 24.2 Å². The third-order valence-electron chi connectivity index (χ3n) is 10.2. The number of benzene rings is 2. The van der Waals surface area contributed by atoms with E-state index in [1.54, 1.807) is 56.9 Å². The lowest BCUT2D eigenvalue weighted by Gasteiger charge is -2.25. The lowest BCUT2D eigenvalue weighted by atomic mass is 10.0. The highest BCUT2D eigenvalue weighted by molar-refractivity contribution is 7.98. The molecule has 3 rings (SSSR count). The number of hydrogen-bond donors (Lipinski definition) is 9. The number of unbranched alkanes of at least 4 members (excludes halogenated alkanes) is 4. The number of amides is 9. The second-order valence-electron chi connectivity index (χ2n) is 15.7. The summed E-state index contributed by atoms with van der Waals surface area (Å²) < 4.78 is 0. The van der Waals surface area contributed by atoms with Crippen LogP contribution in [0.2, 0.25) is 0 Å². The number of urea groups is 1. The zero-order valence-corrected chi connectivity index (χ0v) is 37.0. The average Bonchev–Trinajstić information content (AvgIpc) is 3.69. The Morgan fingerprint density at radius 3 is 1.95 bits per heavy atom. The van der Waals surface area contributed by atoms with Crippen molar-refractivity contribution in [1.82, 2.24) is 31.9 Å². The lowest BCUT2D eigenvalue weighted by molar-refractivity contribution is -0.132. The van der Waals surface area contributed by atoms with Crippen molar-refractivity contribution in [3.63, 3.8) is 0 Å². The van der Waals surface area contributed by atoms with Crippen molar-refractivity contribution in [3.8, 4) is 0 Å². The van der Waals surface area contributed by atoms with Crippen LogP contribution in [0.5, 0.6) is 0 Å². The number of nitrogens with one attached hydrogen (secondary N) is 8. The van der Waals surface area contributed by atoms with Crippen molar-refractivity contribution in [2.45, 2.75) is 127 Å². The summed E-state index contributed by atoms with van der Waals surface area (Å²) in [5.74, 6) is -0.785. The summed E-state index contributed by atoms with van der Waals surface area (Å²) in [6.45, 7) is 3.81. The summed E-state index contributed by atoms with van der Waals surface area (Å²) in [5, 5.41) is 21.9. The van der Waals surface area contributed by atoms with Gasteiger partial charge in [0.25, 0.3) is 0 Å². The molecule has 0 spiro atoms. The van der Waals surface area contributed by atoms with Crippen molar-refractivity contribution < 1.29 is 38.4 Å². The van der Waals surface area contributed by atoms with Crippen LogP contribution in [0.15, 0.2) is 54.6 Å². The summed E-state index contributed by atoms with van der Waals surface area (Å²) in [4.78, 5) is 99.9. The van der Waals surface area contributed by atoms with Crippen molar-refractivity contribution in [2.75, 3.05) is 30.0 Å². The minimum atomic E-state index is -0.963. The topological polar surface area (TPSA) is 259 Å². The van der Waals surface area contributed by atoms with Gasteiger partial charge in [0.15, 0.2) is 0 Å². The number of nitrogens with two attached hydrogens (primary N) is 1. The third kappa shape index (κ3) is 19.8. The molecule has 1 unspecified atom stereocenters. The Hall–Kier alpha value is -5.65. The van der Waals surface area contributed by atoms with Crippen LogP contribution in [0.25, 0.3) is 0 Å². The monoisotopic (exact) mass is 879 g/mol. The first-order valence-corrected chi connectivity index (χ1v) is 22.7.